The van der Waals surface area contributed by atoms with E-state index in [9.17, 15) is 8.42 Å². The SMILES string of the molecule is CCCCC(CC)CNS(=O)(=O)c1cc(N)ccc1CC. The zero-order chi connectivity index (χ0) is 15.9. The molecule has 1 aromatic carbocycles. The zero-order valence-electron chi connectivity index (χ0n) is 13.4. The summed E-state index contributed by atoms with van der Waals surface area (Å²) >= 11 is 0. The number of nitrogens with two attached hydrogens (primary N) is 1. The fraction of sp³-hybridized carbons (Fsp3) is 0.625. The largest absolute Gasteiger partial charge is 0.399 e. The van der Waals surface area contributed by atoms with E-state index in [1.54, 1.807) is 18.2 Å². The fourth-order valence-corrected chi connectivity index (χ4v) is 3.82. The lowest BCUT2D eigenvalue weighted by molar-refractivity contribution is 0.443. The minimum absolute atomic E-state index is 0.315. The van der Waals surface area contributed by atoms with Gasteiger partial charge in [-0.05, 0) is 36.5 Å². The minimum Gasteiger partial charge on any atom is -0.399 e. The van der Waals surface area contributed by atoms with E-state index in [0.29, 0.717) is 29.5 Å². The van der Waals surface area contributed by atoms with Gasteiger partial charge in [0.15, 0.2) is 0 Å². The number of aryl methyl sites for hydroxylation is 1. The molecule has 0 saturated heterocycles. The maximum atomic E-state index is 12.5. The quantitative estimate of drug-likeness (QED) is 0.687. The molecule has 1 rings (SSSR count). The van der Waals surface area contributed by atoms with Crippen molar-refractivity contribution in [2.75, 3.05) is 12.3 Å². The highest BCUT2D eigenvalue weighted by Gasteiger charge is 2.19. The molecular formula is C16H28N2O2S. The van der Waals surface area contributed by atoms with Crippen molar-refractivity contribution in [1.82, 2.24) is 4.72 Å². The van der Waals surface area contributed by atoms with Crippen LogP contribution >= 0.6 is 0 Å². The Kier molecular flexibility index (Phi) is 7.18. The summed E-state index contributed by atoms with van der Waals surface area (Å²) in [4.78, 5) is 0.315. The van der Waals surface area contributed by atoms with Crippen molar-refractivity contribution < 1.29 is 8.42 Å². The maximum Gasteiger partial charge on any atom is 0.240 e. The smallest absolute Gasteiger partial charge is 0.240 e. The zero-order valence-corrected chi connectivity index (χ0v) is 14.2. The molecule has 5 heteroatoms. The summed E-state index contributed by atoms with van der Waals surface area (Å²) in [5.41, 5.74) is 7.02. The summed E-state index contributed by atoms with van der Waals surface area (Å²) in [6.07, 6.45) is 4.99. The van der Waals surface area contributed by atoms with Gasteiger partial charge in [0.2, 0.25) is 10.0 Å². The van der Waals surface area contributed by atoms with Crippen molar-refractivity contribution >= 4 is 15.7 Å². The van der Waals surface area contributed by atoms with Crippen LogP contribution in [0, 0.1) is 5.92 Å². The Morgan fingerprint density at radius 1 is 1.24 bits per heavy atom. The van der Waals surface area contributed by atoms with Gasteiger partial charge >= 0.3 is 0 Å². The van der Waals surface area contributed by atoms with Gasteiger partial charge in [-0.1, -0.05) is 46.1 Å². The molecule has 21 heavy (non-hydrogen) atoms. The van der Waals surface area contributed by atoms with E-state index in [1.165, 1.54) is 0 Å². The number of unbranched alkanes of at least 4 members (excludes halogenated alkanes) is 1. The molecule has 0 aliphatic heterocycles. The second-order valence-corrected chi connectivity index (χ2v) is 7.22. The highest BCUT2D eigenvalue weighted by atomic mass is 32.2. The number of sulfonamides is 1. The molecule has 0 aromatic heterocycles. The Labute approximate surface area is 129 Å². The van der Waals surface area contributed by atoms with Gasteiger partial charge in [0, 0.05) is 12.2 Å². The molecular weight excluding hydrogens is 284 g/mol. The van der Waals surface area contributed by atoms with Crippen LogP contribution < -0.4 is 10.5 Å². The molecule has 120 valence electrons. The number of nitrogen functional groups attached to an aromatic ring is 1. The normalized spacial score (nSPS) is 13.3. The second kappa shape index (κ2) is 8.39. The van der Waals surface area contributed by atoms with Gasteiger partial charge in [0.05, 0.1) is 4.90 Å². The first-order valence-electron chi connectivity index (χ1n) is 7.82. The third-order valence-electron chi connectivity index (χ3n) is 3.87. The molecule has 1 aromatic rings. The Bertz CT molecular complexity index is 541. The minimum atomic E-state index is -3.49. The van der Waals surface area contributed by atoms with Gasteiger partial charge < -0.3 is 5.73 Å². The monoisotopic (exact) mass is 312 g/mol. The predicted molar refractivity (Wildman–Crippen MR) is 88.7 cm³/mol. The summed E-state index contributed by atoms with van der Waals surface area (Å²) in [6, 6.07) is 5.08. The average Bonchev–Trinajstić information content (AvgIpc) is 2.47. The van der Waals surface area contributed by atoms with Gasteiger partial charge in [-0.25, -0.2) is 13.1 Å². The molecule has 4 nitrogen and oxygen atoms in total. The Balaban J connectivity index is 2.84. The van der Waals surface area contributed by atoms with Crippen LogP contribution in [0.1, 0.15) is 52.0 Å². The Morgan fingerprint density at radius 3 is 2.52 bits per heavy atom. The molecule has 1 unspecified atom stereocenters. The number of hydrogen-bond donors (Lipinski definition) is 2. The third-order valence-corrected chi connectivity index (χ3v) is 5.37. The predicted octanol–water partition coefficient (Wildman–Crippen LogP) is 3.33. The molecule has 0 fully saturated rings. The van der Waals surface area contributed by atoms with E-state index in [2.05, 4.69) is 18.6 Å². The van der Waals surface area contributed by atoms with Crippen LogP contribution in [0.5, 0.6) is 0 Å². The lowest BCUT2D eigenvalue weighted by Gasteiger charge is -2.17. The average molecular weight is 312 g/mol. The van der Waals surface area contributed by atoms with E-state index in [0.717, 1.165) is 31.2 Å². The standard InChI is InChI=1S/C16H28N2O2S/c1-4-7-8-13(5-2)12-18-21(19,20)16-11-15(17)10-9-14(16)6-3/h9-11,13,18H,4-8,12,17H2,1-3H3. The lowest BCUT2D eigenvalue weighted by Crippen LogP contribution is -2.30. The van der Waals surface area contributed by atoms with Crippen molar-refractivity contribution in [3.8, 4) is 0 Å². The summed E-state index contributed by atoms with van der Waals surface area (Å²) in [7, 11) is -3.49. The van der Waals surface area contributed by atoms with E-state index < -0.39 is 10.0 Å². The number of benzene rings is 1. The molecule has 0 spiro atoms. The van der Waals surface area contributed by atoms with Crippen molar-refractivity contribution in [2.45, 2.75) is 57.8 Å². The molecule has 0 bridgehead atoms. The molecule has 0 radical (unpaired) electrons. The van der Waals surface area contributed by atoms with Crippen molar-refractivity contribution in [3.63, 3.8) is 0 Å². The van der Waals surface area contributed by atoms with Gasteiger partial charge in [0.1, 0.15) is 0 Å². The van der Waals surface area contributed by atoms with Crippen LogP contribution in [0.25, 0.3) is 0 Å². The first-order chi connectivity index (χ1) is 9.94. The van der Waals surface area contributed by atoms with E-state index in [-0.39, 0.29) is 0 Å². The van der Waals surface area contributed by atoms with Crippen molar-refractivity contribution in [3.05, 3.63) is 23.8 Å². The Hall–Kier alpha value is -1.07. The lowest BCUT2D eigenvalue weighted by atomic mass is 10.00. The molecule has 0 saturated carbocycles. The maximum absolute atomic E-state index is 12.5. The molecule has 0 heterocycles. The van der Waals surface area contributed by atoms with E-state index >= 15 is 0 Å². The summed E-state index contributed by atoms with van der Waals surface area (Å²) < 4.78 is 27.7. The van der Waals surface area contributed by atoms with Crippen molar-refractivity contribution in [2.24, 2.45) is 5.92 Å². The van der Waals surface area contributed by atoms with Crippen LogP contribution in [-0.4, -0.2) is 15.0 Å². The number of anilines is 1. The summed E-state index contributed by atoms with van der Waals surface area (Å²) in [5, 5.41) is 0. The highest BCUT2D eigenvalue weighted by Crippen LogP contribution is 2.20. The molecule has 0 aliphatic carbocycles. The van der Waals surface area contributed by atoms with Crippen LogP contribution in [0.3, 0.4) is 0 Å². The van der Waals surface area contributed by atoms with Gasteiger partial charge in [0.25, 0.3) is 0 Å². The van der Waals surface area contributed by atoms with Gasteiger partial charge in [-0.2, -0.15) is 0 Å². The van der Waals surface area contributed by atoms with E-state index in [4.69, 9.17) is 5.73 Å². The van der Waals surface area contributed by atoms with Crippen molar-refractivity contribution in [1.29, 1.82) is 0 Å². The summed E-state index contributed by atoms with van der Waals surface area (Å²) in [5.74, 6) is 0.394. The highest BCUT2D eigenvalue weighted by molar-refractivity contribution is 7.89. The van der Waals surface area contributed by atoms with Crippen LogP contribution in [-0.2, 0) is 16.4 Å². The second-order valence-electron chi connectivity index (χ2n) is 5.49. The fourth-order valence-electron chi connectivity index (χ4n) is 2.36. The third kappa shape index (κ3) is 5.32. The molecule has 0 aliphatic rings. The van der Waals surface area contributed by atoms with Crippen LogP contribution in [0.4, 0.5) is 5.69 Å². The summed E-state index contributed by atoms with van der Waals surface area (Å²) in [6.45, 7) is 6.70. The number of rotatable bonds is 9. The molecule has 1 atom stereocenters. The Morgan fingerprint density at radius 2 is 1.95 bits per heavy atom. The number of hydrogen-bond acceptors (Lipinski definition) is 3. The van der Waals surface area contributed by atoms with E-state index in [1.807, 2.05) is 6.92 Å². The first kappa shape index (κ1) is 18.0. The van der Waals surface area contributed by atoms with Crippen LogP contribution in [0.2, 0.25) is 0 Å². The van der Waals surface area contributed by atoms with Gasteiger partial charge in [-0.3, -0.25) is 0 Å². The molecule has 0 amide bonds. The molecule has 3 N–H and O–H groups in total. The first-order valence-corrected chi connectivity index (χ1v) is 9.30. The topological polar surface area (TPSA) is 72.2 Å². The van der Waals surface area contributed by atoms with Gasteiger partial charge in [-0.15, -0.1) is 0 Å². The number of nitrogens with one attached hydrogen (secondary N) is 1. The van der Waals surface area contributed by atoms with Crippen LogP contribution in [0.15, 0.2) is 23.1 Å².